The standard InChI is InChI=1S/C4H6FO2/c1-2-3(5)4(6)7/h3H,2H2,1H3. The van der Waals surface area contributed by atoms with E-state index >= 15 is 0 Å². The van der Waals surface area contributed by atoms with Crippen molar-refractivity contribution < 1.29 is 14.3 Å². The van der Waals surface area contributed by atoms with E-state index in [2.05, 4.69) is 0 Å². The molecule has 0 aromatic carbocycles. The lowest BCUT2D eigenvalue weighted by Crippen LogP contribution is -2.10. The Morgan fingerprint density at radius 2 is 2.29 bits per heavy atom. The van der Waals surface area contributed by atoms with Crippen LogP contribution in [-0.4, -0.2) is 12.1 Å². The molecule has 1 atom stereocenters. The summed E-state index contributed by atoms with van der Waals surface area (Å²) < 4.78 is 11.6. The van der Waals surface area contributed by atoms with Crippen molar-refractivity contribution in [1.29, 1.82) is 0 Å². The molecule has 0 aromatic heterocycles. The van der Waals surface area contributed by atoms with Crippen molar-refractivity contribution in [2.45, 2.75) is 19.5 Å². The molecular weight excluding hydrogens is 99.0 g/mol. The molecule has 0 saturated carbocycles. The van der Waals surface area contributed by atoms with Crippen LogP contribution in [0.5, 0.6) is 0 Å². The first-order valence-corrected chi connectivity index (χ1v) is 2.03. The zero-order valence-electron chi connectivity index (χ0n) is 3.98. The lowest BCUT2D eigenvalue weighted by Gasteiger charge is -1.89. The van der Waals surface area contributed by atoms with E-state index in [0.29, 0.717) is 0 Å². The van der Waals surface area contributed by atoms with E-state index in [0.717, 1.165) is 0 Å². The molecule has 0 saturated heterocycles. The van der Waals surface area contributed by atoms with Crippen LogP contribution < -0.4 is 0 Å². The molecule has 0 aromatic rings. The number of hydrogen-bond acceptors (Lipinski definition) is 1. The van der Waals surface area contributed by atoms with Gasteiger partial charge in [-0.1, -0.05) is 6.92 Å². The van der Waals surface area contributed by atoms with Gasteiger partial charge >= 0.3 is 5.97 Å². The molecule has 0 fully saturated rings. The lowest BCUT2D eigenvalue weighted by atomic mass is 10.3. The maximum absolute atomic E-state index is 11.6. The van der Waals surface area contributed by atoms with Gasteiger partial charge in [0.25, 0.3) is 0 Å². The van der Waals surface area contributed by atoms with Crippen molar-refractivity contribution in [2.75, 3.05) is 0 Å². The second-order valence-electron chi connectivity index (χ2n) is 1.19. The van der Waals surface area contributed by atoms with Gasteiger partial charge in [0.15, 0.2) is 0 Å². The summed E-state index contributed by atoms with van der Waals surface area (Å²) in [6, 6.07) is 0. The van der Waals surface area contributed by atoms with Gasteiger partial charge in [-0.15, -0.1) is 0 Å². The van der Waals surface area contributed by atoms with Gasteiger partial charge < -0.3 is 0 Å². The van der Waals surface area contributed by atoms with Crippen LogP contribution in [0.1, 0.15) is 13.3 Å². The van der Waals surface area contributed by atoms with Crippen LogP contribution in [0.25, 0.3) is 0 Å². The molecule has 0 rings (SSSR count). The lowest BCUT2D eigenvalue weighted by molar-refractivity contribution is -0.149. The van der Waals surface area contributed by atoms with E-state index in [1.54, 1.807) is 0 Å². The third kappa shape index (κ3) is 2.14. The summed E-state index contributed by atoms with van der Waals surface area (Å²) >= 11 is 0. The number of halogens is 1. The summed E-state index contributed by atoms with van der Waals surface area (Å²) in [5, 5.41) is 9.44. The molecule has 0 aliphatic carbocycles. The highest BCUT2D eigenvalue weighted by Gasteiger charge is 2.13. The first kappa shape index (κ1) is 6.40. The molecule has 0 aliphatic rings. The smallest absolute Gasteiger partial charge is 0.244 e. The van der Waals surface area contributed by atoms with Crippen molar-refractivity contribution in [1.82, 2.24) is 0 Å². The highest BCUT2D eigenvalue weighted by atomic mass is 19.1. The van der Waals surface area contributed by atoms with Gasteiger partial charge in [-0.05, 0) is 6.42 Å². The van der Waals surface area contributed by atoms with Gasteiger partial charge in [0.1, 0.15) is 0 Å². The molecule has 1 unspecified atom stereocenters. The quantitative estimate of drug-likeness (QED) is 0.509. The normalized spacial score (nSPS) is 13.4. The summed E-state index contributed by atoms with van der Waals surface area (Å²) in [5.41, 5.74) is 0. The van der Waals surface area contributed by atoms with Gasteiger partial charge in [-0.2, -0.15) is 0 Å². The predicted octanol–water partition coefficient (Wildman–Crippen LogP) is 0.692. The summed E-state index contributed by atoms with van der Waals surface area (Å²) in [5.74, 6) is -1.62. The second-order valence-corrected chi connectivity index (χ2v) is 1.19. The Hall–Kier alpha value is -0.600. The van der Waals surface area contributed by atoms with Crippen molar-refractivity contribution in [2.24, 2.45) is 0 Å². The van der Waals surface area contributed by atoms with Crippen LogP contribution >= 0.6 is 0 Å². The molecule has 1 radical (unpaired) electrons. The fourth-order valence-corrected chi connectivity index (χ4v) is 0.167. The minimum atomic E-state index is -1.79. The minimum absolute atomic E-state index is 0.0116. The third-order valence-electron chi connectivity index (χ3n) is 0.614. The largest absolute Gasteiger partial charge is 0.389 e. The summed E-state index contributed by atoms with van der Waals surface area (Å²) in [4.78, 5) is 9.44. The molecule has 0 N–H and O–H groups in total. The Morgan fingerprint density at radius 1 is 1.86 bits per heavy atom. The Balaban J connectivity index is 3.34. The summed E-state index contributed by atoms with van der Waals surface area (Å²) in [6.07, 6.45) is -1.80. The van der Waals surface area contributed by atoms with Crippen molar-refractivity contribution in [3.63, 3.8) is 0 Å². The molecule has 3 heteroatoms. The van der Waals surface area contributed by atoms with E-state index in [-0.39, 0.29) is 6.42 Å². The molecule has 41 valence electrons. The zero-order valence-corrected chi connectivity index (χ0v) is 3.98. The van der Waals surface area contributed by atoms with E-state index in [9.17, 15) is 14.3 Å². The highest BCUT2D eigenvalue weighted by molar-refractivity contribution is 5.71. The Kier molecular flexibility index (Phi) is 2.33. The molecule has 0 aliphatic heterocycles. The van der Waals surface area contributed by atoms with Crippen molar-refractivity contribution in [3.8, 4) is 0 Å². The van der Waals surface area contributed by atoms with E-state index in [4.69, 9.17) is 0 Å². The fraction of sp³-hybridized carbons (Fsp3) is 0.750. The number of carbonyl (C=O) groups excluding carboxylic acids is 1. The average Bonchev–Trinajstić information content (AvgIpc) is 1.65. The van der Waals surface area contributed by atoms with Crippen LogP contribution in [0.3, 0.4) is 0 Å². The van der Waals surface area contributed by atoms with E-state index in [1.807, 2.05) is 0 Å². The summed E-state index contributed by atoms with van der Waals surface area (Å²) in [7, 11) is 0. The third-order valence-corrected chi connectivity index (χ3v) is 0.614. The predicted molar refractivity (Wildman–Crippen MR) is 20.9 cm³/mol. The highest BCUT2D eigenvalue weighted by Crippen LogP contribution is 1.94. The number of alkyl halides is 1. The topological polar surface area (TPSA) is 37.0 Å². The first-order valence-electron chi connectivity index (χ1n) is 2.03. The van der Waals surface area contributed by atoms with Gasteiger partial charge in [-0.3, -0.25) is 0 Å². The van der Waals surface area contributed by atoms with Crippen molar-refractivity contribution >= 4 is 5.97 Å². The van der Waals surface area contributed by atoms with Crippen LogP contribution in [0.4, 0.5) is 4.39 Å². The average molecular weight is 105 g/mol. The maximum Gasteiger partial charge on any atom is 0.389 e. The second kappa shape index (κ2) is 2.55. The molecule has 0 heterocycles. The fourth-order valence-electron chi connectivity index (χ4n) is 0.167. The number of rotatable bonds is 2. The van der Waals surface area contributed by atoms with Crippen LogP contribution in [0, 0.1) is 0 Å². The van der Waals surface area contributed by atoms with Gasteiger partial charge in [0, 0.05) is 0 Å². The van der Waals surface area contributed by atoms with Crippen LogP contribution in [-0.2, 0) is 9.90 Å². The van der Waals surface area contributed by atoms with Gasteiger partial charge in [0.05, 0.1) is 0 Å². The van der Waals surface area contributed by atoms with Gasteiger partial charge in [-0.25, -0.2) is 14.3 Å². The van der Waals surface area contributed by atoms with E-state index < -0.39 is 12.1 Å². The Labute approximate surface area is 41.0 Å². The maximum atomic E-state index is 11.6. The SMILES string of the molecule is CCC(F)C([O])=O. The number of carbonyl (C=O) groups is 1. The van der Waals surface area contributed by atoms with Crippen LogP contribution in [0.15, 0.2) is 0 Å². The van der Waals surface area contributed by atoms with Crippen LogP contribution in [0.2, 0.25) is 0 Å². The monoisotopic (exact) mass is 105 g/mol. The van der Waals surface area contributed by atoms with Crippen molar-refractivity contribution in [3.05, 3.63) is 0 Å². The molecule has 2 nitrogen and oxygen atoms in total. The first-order chi connectivity index (χ1) is 3.18. The molecule has 0 amide bonds. The molecule has 0 bridgehead atoms. The molecular formula is C4H6FO2. The Morgan fingerprint density at radius 3 is 2.29 bits per heavy atom. The molecule has 0 spiro atoms. The minimum Gasteiger partial charge on any atom is -0.244 e. The van der Waals surface area contributed by atoms with E-state index in [1.165, 1.54) is 6.92 Å². The zero-order chi connectivity index (χ0) is 5.86. The summed E-state index contributed by atoms with van der Waals surface area (Å²) in [6.45, 7) is 1.44. The number of hydrogen-bond donors (Lipinski definition) is 0. The van der Waals surface area contributed by atoms with Gasteiger partial charge in [0.2, 0.25) is 6.17 Å². The Bertz CT molecular complexity index is 72.1. The molecule has 7 heavy (non-hydrogen) atoms.